The summed E-state index contributed by atoms with van der Waals surface area (Å²) in [7, 11) is 1.38. The summed E-state index contributed by atoms with van der Waals surface area (Å²) in [5, 5.41) is 22.7. The molecule has 0 aliphatic heterocycles. The van der Waals surface area contributed by atoms with E-state index in [1.54, 1.807) is 12.1 Å². The molecule has 0 aromatic heterocycles. The van der Waals surface area contributed by atoms with E-state index in [0.29, 0.717) is 18.7 Å². The van der Waals surface area contributed by atoms with Crippen LogP contribution in [0.15, 0.2) is 18.2 Å². The first-order chi connectivity index (χ1) is 9.45. The molecule has 0 bridgehead atoms. The number of nitro benzene ring substituents is 1. The quantitative estimate of drug-likeness (QED) is 0.561. The van der Waals surface area contributed by atoms with Crippen molar-refractivity contribution in [1.82, 2.24) is 0 Å². The highest BCUT2D eigenvalue weighted by Crippen LogP contribution is 2.34. The van der Waals surface area contributed by atoms with Crippen LogP contribution in [0.1, 0.15) is 19.8 Å². The molecular formula is C13H18N2O5. The van der Waals surface area contributed by atoms with E-state index >= 15 is 0 Å². The number of nitrogens with one attached hydrogen (secondary N) is 1. The Morgan fingerprint density at radius 1 is 1.55 bits per heavy atom. The molecule has 1 rings (SSSR count). The van der Waals surface area contributed by atoms with Crippen molar-refractivity contribution in [3.8, 4) is 5.75 Å². The summed E-state index contributed by atoms with van der Waals surface area (Å²) in [6, 6.07) is 4.79. The summed E-state index contributed by atoms with van der Waals surface area (Å²) < 4.78 is 4.97. The molecule has 0 spiro atoms. The van der Waals surface area contributed by atoms with E-state index in [2.05, 4.69) is 5.32 Å². The second-order valence-electron chi connectivity index (χ2n) is 4.53. The molecule has 2 N–H and O–H groups in total. The fraction of sp³-hybridized carbons (Fsp3) is 0.462. The van der Waals surface area contributed by atoms with Crippen molar-refractivity contribution in [2.24, 2.45) is 5.92 Å². The number of carboxylic acid groups (broad SMARTS) is 1. The molecule has 0 aliphatic rings. The number of aliphatic carboxylic acids is 1. The van der Waals surface area contributed by atoms with E-state index in [1.807, 2.05) is 6.92 Å². The Balaban J connectivity index is 2.72. The lowest BCUT2D eigenvalue weighted by Crippen LogP contribution is -2.13. The lowest BCUT2D eigenvalue weighted by atomic mass is 10.1. The van der Waals surface area contributed by atoms with E-state index in [9.17, 15) is 14.9 Å². The number of hydrogen-bond donors (Lipinski definition) is 2. The first-order valence-corrected chi connectivity index (χ1v) is 6.22. The van der Waals surface area contributed by atoms with Crippen LogP contribution in [-0.2, 0) is 4.79 Å². The molecule has 1 atom stereocenters. The zero-order valence-corrected chi connectivity index (χ0v) is 11.5. The molecule has 1 aromatic carbocycles. The van der Waals surface area contributed by atoms with Gasteiger partial charge in [-0.3, -0.25) is 14.9 Å². The van der Waals surface area contributed by atoms with Gasteiger partial charge in [-0.25, -0.2) is 0 Å². The number of anilines is 1. The van der Waals surface area contributed by atoms with Gasteiger partial charge in [-0.05, 0) is 24.5 Å². The number of nitrogens with zero attached hydrogens (tertiary/aromatic N) is 1. The zero-order valence-electron chi connectivity index (χ0n) is 11.5. The van der Waals surface area contributed by atoms with Crippen LogP contribution in [-0.4, -0.2) is 29.7 Å². The van der Waals surface area contributed by atoms with Crippen LogP contribution in [0.5, 0.6) is 5.75 Å². The maximum absolute atomic E-state index is 11.1. The lowest BCUT2D eigenvalue weighted by molar-refractivity contribution is -0.384. The minimum atomic E-state index is -0.843. The van der Waals surface area contributed by atoms with Gasteiger partial charge in [0.1, 0.15) is 5.69 Å². The molecular weight excluding hydrogens is 264 g/mol. The van der Waals surface area contributed by atoms with Crippen LogP contribution in [0, 0.1) is 16.0 Å². The highest BCUT2D eigenvalue weighted by molar-refractivity contribution is 5.68. The highest BCUT2D eigenvalue weighted by atomic mass is 16.6. The second kappa shape index (κ2) is 7.32. The number of para-hydroxylation sites is 1. The van der Waals surface area contributed by atoms with Gasteiger partial charge in [0.15, 0.2) is 5.75 Å². The minimum Gasteiger partial charge on any atom is -0.490 e. The molecule has 7 nitrogen and oxygen atoms in total. The number of hydrogen-bond acceptors (Lipinski definition) is 5. The number of methoxy groups -OCH3 is 1. The van der Waals surface area contributed by atoms with Gasteiger partial charge in [-0.2, -0.15) is 0 Å². The Kier molecular flexibility index (Phi) is 5.76. The predicted octanol–water partition coefficient (Wildman–Crippen LogP) is 2.52. The number of carbonyl (C=O) groups is 1. The van der Waals surface area contributed by atoms with Crippen LogP contribution >= 0.6 is 0 Å². The Labute approximate surface area is 116 Å². The maximum Gasteiger partial charge on any atom is 0.333 e. The summed E-state index contributed by atoms with van der Waals surface area (Å²) in [5.74, 6) is -0.556. The van der Waals surface area contributed by atoms with Gasteiger partial charge in [0.2, 0.25) is 0 Å². The van der Waals surface area contributed by atoms with Crippen molar-refractivity contribution >= 4 is 17.3 Å². The van der Waals surface area contributed by atoms with Crippen LogP contribution in [0.2, 0.25) is 0 Å². The number of nitro groups is 1. The van der Waals surface area contributed by atoms with Gasteiger partial charge in [-0.15, -0.1) is 0 Å². The maximum atomic E-state index is 11.1. The summed E-state index contributed by atoms with van der Waals surface area (Å²) in [5.41, 5.74) is 0.261. The molecule has 7 heteroatoms. The Hall–Kier alpha value is -2.31. The fourth-order valence-electron chi connectivity index (χ4n) is 1.77. The molecule has 0 saturated carbocycles. The second-order valence-corrected chi connectivity index (χ2v) is 4.53. The monoisotopic (exact) mass is 282 g/mol. The van der Waals surface area contributed by atoms with Gasteiger partial charge in [0.05, 0.1) is 12.0 Å². The first kappa shape index (κ1) is 15.7. The lowest BCUT2D eigenvalue weighted by Gasteiger charge is -2.13. The molecule has 0 aliphatic carbocycles. The van der Waals surface area contributed by atoms with E-state index in [1.165, 1.54) is 13.2 Å². The topological polar surface area (TPSA) is 102 Å². The van der Waals surface area contributed by atoms with Gasteiger partial charge >= 0.3 is 11.7 Å². The Morgan fingerprint density at radius 3 is 2.80 bits per heavy atom. The van der Waals surface area contributed by atoms with Crippen molar-refractivity contribution in [2.75, 3.05) is 19.0 Å². The van der Waals surface area contributed by atoms with E-state index in [0.717, 1.165) is 0 Å². The largest absolute Gasteiger partial charge is 0.490 e. The number of benzene rings is 1. The molecule has 0 radical (unpaired) electrons. The van der Waals surface area contributed by atoms with Crippen molar-refractivity contribution in [1.29, 1.82) is 0 Å². The normalized spacial score (nSPS) is 11.7. The van der Waals surface area contributed by atoms with Crippen LogP contribution in [0.25, 0.3) is 0 Å². The summed E-state index contributed by atoms with van der Waals surface area (Å²) >= 11 is 0. The third kappa shape index (κ3) is 4.42. The van der Waals surface area contributed by atoms with E-state index in [-0.39, 0.29) is 23.8 Å². The van der Waals surface area contributed by atoms with Gasteiger partial charge in [0, 0.05) is 13.0 Å². The Morgan fingerprint density at radius 2 is 2.25 bits per heavy atom. The summed E-state index contributed by atoms with van der Waals surface area (Å²) in [6.45, 7) is 2.35. The minimum absolute atomic E-state index is 0.0864. The van der Waals surface area contributed by atoms with Crippen LogP contribution < -0.4 is 10.1 Å². The first-order valence-electron chi connectivity index (χ1n) is 6.22. The third-order valence-electron chi connectivity index (χ3n) is 2.89. The average molecular weight is 282 g/mol. The SMILES string of the molecule is COc1cccc(NCC(C)CCC(=O)O)c1[N+](=O)[O-]. The van der Waals surface area contributed by atoms with Gasteiger partial charge in [-0.1, -0.05) is 13.0 Å². The van der Waals surface area contributed by atoms with E-state index < -0.39 is 10.9 Å². The fourth-order valence-corrected chi connectivity index (χ4v) is 1.77. The summed E-state index contributed by atoms with van der Waals surface area (Å²) in [4.78, 5) is 21.1. The molecule has 0 heterocycles. The molecule has 0 fully saturated rings. The zero-order chi connectivity index (χ0) is 15.1. The van der Waals surface area contributed by atoms with E-state index in [4.69, 9.17) is 9.84 Å². The van der Waals surface area contributed by atoms with Gasteiger partial charge in [0.25, 0.3) is 0 Å². The van der Waals surface area contributed by atoms with Crippen molar-refractivity contribution in [2.45, 2.75) is 19.8 Å². The standard InChI is InChI=1S/C13H18N2O5/c1-9(6-7-12(16)17)8-14-10-4-3-5-11(20-2)13(10)15(18)19/h3-5,9,14H,6-8H2,1-2H3,(H,16,17). The number of rotatable bonds is 8. The number of ether oxygens (including phenoxy) is 1. The predicted molar refractivity (Wildman–Crippen MR) is 74.2 cm³/mol. The van der Waals surface area contributed by atoms with Crippen molar-refractivity contribution in [3.05, 3.63) is 28.3 Å². The smallest absolute Gasteiger partial charge is 0.333 e. The van der Waals surface area contributed by atoms with Crippen molar-refractivity contribution < 1.29 is 19.6 Å². The molecule has 1 unspecified atom stereocenters. The number of carboxylic acids is 1. The molecule has 1 aromatic rings. The Bertz CT molecular complexity index is 490. The van der Waals surface area contributed by atoms with Crippen molar-refractivity contribution in [3.63, 3.8) is 0 Å². The molecule has 110 valence electrons. The highest BCUT2D eigenvalue weighted by Gasteiger charge is 2.20. The molecule has 0 amide bonds. The summed E-state index contributed by atoms with van der Waals surface area (Å²) in [6.07, 6.45) is 0.600. The average Bonchev–Trinajstić information content (AvgIpc) is 2.41. The van der Waals surface area contributed by atoms with Crippen LogP contribution in [0.4, 0.5) is 11.4 Å². The van der Waals surface area contributed by atoms with Gasteiger partial charge < -0.3 is 15.2 Å². The van der Waals surface area contributed by atoms with Crippen LogP contribution in [0.3, 0.4) is 0 Å². The third-order valence-corrected chi connectivity index (χ3v) is 2.89. The molecule has 0 saturated heterocycles. The molecule has 20 heavy (non-hydrogen) atoms.